The molecule has 1 nitrogen and oxygen atoms in total. The van der Waals surface area contributed by atoms with Crippen LogP contribution in [0.5, 0.6) is 0 Å². The van der Waals surface area contributed by atoms with E-state index in [-0.39, 0.29) is 0 Å². The third-order valence-corrected chi connectivity index (χ3v) is 13.8. The average molecular weight is 776 g/mol. The summed E-state index contributed by atoms with van der Waals surface area (Å²) in [4.78, 5) is 2.58. The van der Waals surface area contributed by atoms with Gasteiger partial charge in [-0.3, -0.25) is 0 Å². The summed E-state index contributed by atoms with van der Waals surface area (Å²) in [6.07, 6.45) is 4.41. The summed E-state index contributed by atoms with van der Waals surface area (Å²) >= 11 is 0. The molecule has 0 aliphatic heterocycles. The molecule has 2 aliphatic rings. The van der Waals surface area contributed by atoms with E-state index in [1.165, 1.54) is 121 Å². The number of hydrogen-bond donors (Lipinski definition) is 0. The predicted molar refractivity (Wildman–Crippen MR) is 260 cm³/mol. The highest BCUT2D eigenvalue weighted by Crippen LogP contribution is 2.52. The summed E-state index contributed by atoms with van der Waals surface area (Å²) in [6.45, 7) is 0. The summed E-state index contributed by atoms with van der Waals surface area (Å²) in [6, 6.07) is 75.4. The molecule has 286 valence electrons. The van der Waals surface area contributed by atoms with E-state index in [4.69, 9.17) is 0 Å². The smallest absolute Gasteiger partial charge is 0.0540 e. The van der Waals surface area contributed by atoms with Gasteiger partial charge in [0.05, 0.1) is 11.4 Å². The van der Waals surface area contributed by atoms with E-state index < -0.39 is 0 Å². The van der Waals surface area contributed by atoms with E-state index in [2.05, 4.69) is 205 Å². The SMILES string of the molecule is c1ccc(-c2cc(-c3ccccc3)c3c4ccccc4c4cc(N(c5ccc6c7c(cccc57)CC6)c5ccc6c7c(cccc57)CC6)ccc4c3c2-c2ccccc2)cc1. The molecule has 11 aromatic rings. The van der Waals surface area contributed by atoms with Crippen LogP contribution in [0.15, 0.2) is 200 Å². The summed E-state index contributed by atoms with van der Waals surface area (Å²) in [5.41, 5.74) is 16.9. The van der Waals surface area contributed by atoms with Crippen LogP contribution in [-0.4, -0.2) is 0 Å². The molecule has 0 spiro atoms. The number of benzene rings is 11. The first-order valence-corrected chi connectivity index (χ1v) is 21.8. The van der Waals surface area contributed by atoms with Crippen LogP contribution in [0.4, 0.5) is 17.1 Å². The zero-order valence-electron chi connectivity index (χ0n) is 33.8. The number of nitrogens with zero attached hydrogens (tertiary/aromatic N) is 1. The fourth-order valence-corrected chi connectivity index (χ4v) is 11.1. The molecule has 0 bridgehead atoms. The van der Waals surface area contributed by atoms with Crippen molar-refractivity contribution >= 4 is 70.9 Å². The highest BCUT2D eigenvalue weighted by Gasteiger charge is 2.26. The summed E-state index contributed by atoms with van der Waals surface area (Å²) in [7, 11) is 0. The van der Waals surface area contributed by atoms with Crippen molar-refractivity contribution < 1.29 is 0 Å². The van der Waals surface area contributed by atoms with Gasteiger partial charge in [-0.05, 0) is 155 Å². The van der Waals surface area contributed by atoms with Crippen LogP contribution in [0.2, 0.25) is 0 Å². The molecule has 0 aromatic heterocycles. The topological polar surface area (TPSA) is 3.24 Å². The molecule has 1 heteroatoms. The summed E-state index contributed by atoms with van der Waals surface area (Å²) in [5, 5.41) is 13.1. The van der Waals surface area contributed by atoms with Gasteiger partial charge < -0.3 is 4.90 Å². The first-order valence-electron chi connectivity index (χ1n) is 21.8. The van der Waals surface area contributed by atoms with E-state index in [9.17, 15) is 0 Å². The zero-order valence-corrected chi connectivity index (χ0v) is 33.8. The van der Waals surface area contributed by atoms with E-state index in [1.54, 1.807) is 0 Å². The van der Waals surface area contributed by atoms with Crippen LogP contribution in [-0.2, 0) is 25.7 Å². The van der Waals surface area contributed by atoms with Gasteiger partial charge in [-0.15, -0.1) is 0 Å². The maximum absolute atomic E-state index is 2.58. The van der Waals surface area contributed by atoms with E-state index in [0.717, 1.165) is 31.4 Å². The molecule has 0 atom stereocenters. The molecule has 0 fully saturated rings. The lowest BCUT2D eigenvalue weighted by atomic mass is 9.81. The number of hydrogen-bond acceptors (Lipinski definition) is 1. The number of anilines is 3. The quantitative estimate of drug-likeness (QED) is 0.152. The van der Waals surface area contributed by atoms with Crippen molar-refractivity contribution in [1.29, 1.82) is 0 Å². The lowest BCUT2D eigenvalue weighted by Gasteiger charge is -2.29. The van der Waals surface area contributed by atoms with Crippen molar-refractivity contribution in [3.05, 3.63) is 222 Å². The monoisotopic (exact) mass is 775 g/mol. The Morgan fingerprint density at radius 1 is 0.279 bits per heavy atom. The number of fused-ring (bicyclic) bond motifs is 6. The Balaban J connectivity index is 1.18. The van der Waals surface area contributed by atoms with Crippen molar-refractivity contribution in [3.63, 3.8) is 0 Å². The lowest BCUT2D eigenvalue weighted by molar-refractivity contribution is 1.02. The number of aryl methyl sites for hydroxylation is 4. The van der Waals surface area contributed by atoms with E-state index in [1.807, 2.05) is 0 Å². The highest BCUT2D eigenvalue weighted by atomic mass is 15.1. The van der Waals surface area contributed by atoms with Crippen LogP contribution in [0.1, 0.15) is 22.3 Å². The van der Waals surface area contributed by atoms with Crippen LogP contribution in [0.3, 0.4) is 0 Å². The molecule has 61 heavy (non-hydrogen) atoms. The van der Waals surface area contributed by atoms with Gasteiger partial charge in [0.25, 0.3) is 0 Å². The van der Waals surface area contributed by atoms with E-state index >= 15 is 0 Å². The lowest BCUT2D eigenvalue weighted by Crippen LogP contribution is -2.11. The second-order valence-corrected chi connectivity index (χ2v) is 17.0. The molecule has 2 aliphatic carbocycles. The molecular formula is C60H41N. The Morgan fingerprint density at radius 3 is 1.34 bits per heavy atom. The maximum atomic E-state index is 2.58. The van der Waals surface area contributed by atoms with Gasteiger partial charge in [0.1, 0.15) is 0 Å². The fourth-order valence-electron chi connectivity index (χ4n) is 11.1. The normalized spacial score (nSPS) is 13.0. The largest absolute Gasteiger partial charge is 0.309 e. The molecule has 0 radical (unpaired) electrons. The van der Waals surface area contributed by atoms with Gasteiger partial charge in [-0.25, -0.2) is 0 Å². The predicted octanol–water partition coefficient (Wildman–Crippen LogP) is 16.1. The molecular weight excluding hydrogens is 735 g/mol. The molecule has 11 aromatic carbocycles. The van der Waals surface area contributed by atoms with Crippen molar-refractivity contribution in [1.82, 2.24) is 0 Å². The molecule has 0 heterocycles. The van der Waals surface area contributed by atoms with Crippen molar-refractivity contribution in [2.45, 2.75) is 25.7 Å². The van der Waals surface area contributed by atoms with Gasteiger partial charge in [0.15, 0.2) is 0 Å². The van der Waals surface area contributed by atoms with Crippen molar-refractivity contribution in [3.8, 4) is 33.4 Å². The first-order chi connectivity index (χ1) is 30.3. The Hall–Kier alpha value is -7.48. The van der Waals surface area contributed by atoms with E-state index in [0.29, 0.717) is 0 Å². The zero-order chi connectivity index (χ0) is 40.0. The second kappa shape index (κ2) is 13.5. The second-order valence-electron chi connectivity index (χ2n) is 17.0. The van der Waals surface area contributed by atoms with Gasteiger partial charge >= 0.3 is 0 Å². The van der Waals surface area contributed by atoms with Crippen LogP contribution in [0, 0.1) is 0 Å². The Morgan fingerprint density at radius 2 is 0.754 bits per heavy atom. The van der Waals surface area contributed by atoms with Gasteiger partial charge in [0.2, 0.25) is 0 Å². The minimum absolute atomic E-state index is 1.10. The Bertz CT molecular complexity index is 3450. The van der Waals surface area contributed by atoms with Crippen molar-refractivity contribution in [2.24, 2.45) is 0 Å². The molecule has 0 saturated heterocycles. The summed E-state index contributed by atoms with van der Waals surface area (Å²) in [5.74, 6) is 0. The molecule has 0 saturated carbocycles. The van der Waals surface area contributed by atoms with Crippen LogP contribution in [0.25, 0.3) is 87.2 Å². The Kier molecular flexibility index (Phi) is 7.63. The Labute approximate surface area is 355 Å². The standard InChI is InChI=1S/C60H41N/c1-4-14-38(15-5-1)51-37-52(39-16-6-2-7-17-39)59-47-23-11-10-22-46(47)53-36-45(32-33-48(53)60(59)58(51)40-18-8-3-9-19-40)61(54-34-30-43-28-26-41-20-12-24-49(54)56(41)43)55-35-31-44-29-27-42-21-13-25-50(55)57(42)44/h1-25,30-37H,26-29H2. The average Bonchev–Trinajstić information content (AvgIpc) is 3.96. The minimum Gasteiger partial charge on any atom is -0.309 e. The minimum atomic E-state index is 1.10. The maximum Gasteiger partial charge on any atom is 0.0540 e. The third-order valence-electron chi connectivity index (χ3n) is 13.8. The molecule has 0 N–H and O–H groups in total. The molecule has 0 amide bonds. The number of rotatable bonds is 6. The van der Waals surface area contributed by atoms with Crippen LogP contribution >= 0.6 is 0 Å². The fraction of sp³-hybridized carbons (Fsp3) is 0.0667. The molecule has 13 rings (SSSR count). The molecule has 0 unspecified atom stereocenters. The van der Waals surface area contributed by atoms with Crippen LogP contribution < -0.4 is 4.90 Å². The van der Waals surface area contributed by atoms with Gasteiger partial charge in [0, 0.05) is 16.5 Å². The van der Waals surface area contributed by atoms with Crippen molar-refractivity contribution in [2.75, 3.05) is 4.90 Å². The van der Waals surface area contributed by atoms with Gasteiger partial charge in [-0.2, -0.15) is 0 Å². The third kappa shape index (κ3) is 5.20. The highest BCUT2D eigenvalue weighted by molar-refractivity contribution is 6.33. The first kappa shape index (κ1) is 34.4. The summed E-state index contributed by atoms with van der Waals surface area (Å²) < 4.78 is 0. The van der Waals surface area contributed by atoms with Gasteiger partial charge in [-0.1, -0.05) is 170 Å².